The van der Waals surface area contributed by atoms with E-state index in [4.69, 9.17) is 9.40 Å². The zero-order chi connectivity index (χ0) is 20.4. The molecule has 0 radical (unpaired) electrons. The number of para-hydroxylation sites is 4. The summed E-state index contributed by atoms with van der Waals surface area (Å²) in [5, 5.41) is 3.46. The van der Waals surface area contributed by atoms with E-state index in [1.54, 1.807) is 0 Å². The van der Waals surface area contributed by atoms with Crippen LogP contribution in [0.4, 0.5) is 0 Å². The van der Waals surface area contributed by atoms with Crippen molar-refractivity contribution in [1.82, 2.24) is 14.1 Å². The number of rotatable bonds is 2. The van der Waals surface area contributed by atoms with Gasteiger partial charge in [0.2, 0.25) is 5.71 Å². The Kier molecular flexibility index (Phi) is 3.24. The van der Waals surface area contributed by atoms with Crippen molar-refractivity contribution in [2.75, 3.05) is 0 Å². The summed E-state index contributed by atoms with van der Waals surface area (Å²) < 4.78 is 10.7. The van der Waals surface area contributed by atoms with Crippen molar-refractivity contribution in [3.05, 3.63) is 103 Å². The van der Waals surface area contributed by atoms with E-state index in [-0.39, 0.29) is 0 Å². The van der Waals surface area contributed by atoms with Gasteiger partial charge in [-0.2, -0.15) is 0 Å². The Bertz CT molecular complexity index is 1730. The minimum atomic E-state index is 0.851. The number of benzene rings is 4. The lowest BCUT2D eigenvalue weighted by atomic mass is 10.1. The monoisotopic (exact) mass is 399 g/mol. The number of hydrogen-bond donors (Lipinski definition) is 0. The second-order valence-corrected chi connectivity index (χ2v) is 7.73. The fraction of sp³-hybridized carbons (Fsp3) is 0. The molecule has 7 aromatic rings. The van der Waals surface area contributed by atoms with Gasteiger partial charge in [-0.3, -0.25) is 9.13 Å². The van der Waals surface area contributed by atoms with Gasteiger partial charge >= 0.3 is 0 Å². The van der Waals surface area contributed by atoms with Crippen molar-refractivity contribution in [2.45, 2.75) is 0 Å². The van der Waals surface area contributed by atoms with E-state index in [2.05, 4.69) is 75.9 Å². The van der Waals surface area contributed by atoms with Crippen molar-refractivity contribution >= 4 is 44.0 Å². The highest BCUT2D eigenvalue weighted by molar-refractivity contribution is 6.20. The van der Waals surface area contributed by atoms with Gasteiger partial charge in [-0.15, -0.1) is 0 Å². The van der Waals surface area contributed by atoms with Gasteiger partial charge in [-0.05, 0) is 36.4 Å². The smallest absolute Gasteiger partial charge is 0.213 e. The first-order valence-electron chi connectivity index (χ1n) is 10.3. The number of imidazole rings is 1. The summed E-state index contributed by atoms with van der Waals surface area (Å²) >= 11 is 0. The molecule has 0 aliphatic carbocycles. The van der Waals surface area contributed by atoms with Crippen LogP contribution in [-0.4, -0.2) is 14.1 Å². The van der Waals surface area contributed by atoms with Gasteiger partial charge in [-0.25, -0.2) is 4.98 Å². The average Bonchev–Trinajstić information content (AvgIpc) is 3.50. The second kappa shape index (κ2) is 6.09. The fourth-order valence-electron chi connectivity index (χ4n) is 4.68. The van der Waals surface area contributed by atoms with Crippen molar-refractivity contribution in [2.24, 2.45) is 0 Å². The third-order valence-electron chi connectivity index (χ3n) is 6.02. The molecule has 4 nitrogen and oxygen atoms in total. The first-order valence-corrected chi connectivity index (χ1v) is 10.3. The standard InChI is InChI=1S/C27H17N3O/c1-2-9-18(10-3-1)29-17-28-26-22(29)14-8-15-23(26)30-21-13-6-4-11-19(21)25-20-12-5-7-16-24(20)31-27(25)30/h1-17H. The van der Waals surface area contributed by atoms with Crippen LogP contribution in [-0.2, 0) is 0 Å². The summed E-state index contributed by atoms with van der Waals surface area (Å²) in [5.41, 5.74) is 6.97. The maximum Gasteiger partial charge on any atom is 0.213 e. The van der Waals surface area contributed by atoms with E-state index in [0.29, 0.717) is 0 Å². The average molecular weight is 399 g/mol. The number of furan rings is 1. The fourth-order valence-corrected chi connectivity index (χ4v) is 4.68. The molecule has 0 saturated carbocycles. The SMILES string of the molecule is c1ccc(-n2cnc3c(-n4c5ccccc5c5c6ccccc6oc54)cccc32)cc1. The van der Waals surface area contributed by atoms with E-state index >= 15 is 0 Å². The lowest BCUT2D eigenvalue weighted by Gasteiger charge is -2.08. The van der Waals surface area contributed by atoms with Crippen LogP contribution in [0.25, 0.3) is 55.4 Å². The summed E-state index contributed by atoms with van der Waals surface area (Å²) in [7, 11) is 0. The van der Waals surface area contributed by atoms with Crippen molar-refractivity contribution in [3.8, 4) is 11.4 Å². The lowest BCUT2D eigenvalue weighted by molar-refractivity contribution is 0.646. The quantitative estimate of drug-likeness (QED) is 0.318. The van der Waals surface area contributed by atoms with Crippen LogP contribution >= 0.6 is 0 Å². The molecule has 3 aromatic heterocycles. The van der Waals surface area contributed by atoms with Crippen LogP contribution in [0, 0.1) is 0 Å². The number of nitrogens with zero attached hydrogens (tertiary/aromatic N) is 3. The summed E-state index contributed by atoms with van der Waals surface area (Å²) in [6, 6.07) is 33.3. The van der Waals surface area contributed by atoms with Crippen LogP contribution in [0.1, 0.15) is 0 Å². The molecule has 0 fully saturated rings. The predicted molar refractivity (Wildman–Crippen MR) is 125 cm³/mol. The third kappa shape index (κ3) is 2.21. The zero-order valence-electron chi connectivity index (χ0n) is 16.6. The number of fused-ring (bicyclic) bond motifs is 6. The van der Waals surface area contributed by atoms with Gasteiger partial charge in [0.15, 0.2) is 0 Å². The van der Waals surface area contributed by atoms with Gasteiger partial charge in [-0.1, -0.05) is 60.7 Å². The first-order chi connectivity index (χ1) is 15.4. The molecule has 146 valence electrons. The van der Waals surface area contributed by atoms with Crippen LogP contribution in [0.15, 0.2) is 108 Å². The maximum atomic E-state index is 6.39. The van der Waals surface area contributed by atoms with Crippen LogP contribution in [0.2, 0.25) is 0 Å². The Hall–Kier alpha value is -4.31. The minimum absolute atomic E-state index is 0.851. The Morgan fingerprint density at radius 1 is 0.645 bits per heavy atom. The zero-order valence-corrected chi connectivity index (χ0v) is 16.6. The number of hydrogen-bond acceptors (Lipinski definition) is 2. The van der Waals surface area contributed by atoms with Gasteiger partial charge in [0.1, 0.15) is 17.4 Å². The Balaban J connectivity index is 1.61. The molecule has 0 aliphatic rings. The molecule has 0 atom stereocenters. The summed E-state index contributed by atoms with van der Waals surface area (Å²) in [6.45, 7) is 0. The van der Waals surface area contributed by atoms with Gasteiger partial charge in [0, 0.05) is 16.5 Å². The van der Waals surface area contributed by atoms with Crippen LogP contribution in [0.5, 0.6) is 0 Å². The van der Waals surface area contributed by atoms with Gasteiger partial charge in [0.05, 0.1) is 22.1 Å². The molecule has 7 rings (SSSR count). The van der Waals surface area contributed by atoms with Gasteiger partial charge in [0.25, 0.3) is 0 Å². The van der Waals surface area contributed by atoms with Crippen molar-refractivity contribution < 1.29 is 4.42 Å². The van der Waals surface area contributed by atoms with E-state index in [0.717, 1.165) is 50.0 Å². The highest BCUT2D eigenvalue weighted by Gasteiger charge is 2.21. The van der Waals surface area contributed by atoms with Crippen molar-refractivity contribution in [1.29, 1.82) is 0 Å². The normalized spacial score (nSPS) is 11.9. The third-order valence-corrected chi connectivity index (χ3v) is 6.02. The largest absolute Gasteiger partial charge is 0.439 e. The van der Waals surface area contributed by atoms with Crippen LogP contribution < -0.4 is 0 Å². The molecule has 0 spiro atoms. The molecular formula is C27H17N3O. The molecular weight excluding hydrogens is 382 g/mol. The topological polar surface area (TPSA) is 35.9 Å². The highest BCUT2D eigenvalue weighted by atomic mass is 16.3. The Morgan fingerprint density at radius 3 is 2.29 bits per heavy atom. The lowest BCUT2D eigenvalue weighted by Crippen LogP contribution is -1.96. The Morgan fingerprint density at radius 2 is 1.39 bits per heavy atom. The summed E-state index contributed by atoms with van der Waals surface area (Å²) in [4.78, 5) is 4.82. The minimum Gasteiger partial charge on any atom is -0.439 e. The maximum absolute atomic E-state index is 6.39. The van der Waals surface area contributed by atoms with E-state index in [1.165, 1.54) is 5.39 Å². The summed E-state index contributed by atoms with van der Waals surface area (Å²) in [6.07, 6.45) is 1.89. The predicted octanol–water partition coefficient (Wildman–Crippen LogP) is 6.87. The molecule has 4 aromatic carbocycles. The molecule has 0 bridgehead atoms. The molecule has 0 aliphatic heterocycles. The van der Waals surface area contributed by atoms with E-state index in [1.807, 2.05) is 36.7 Å². The molecule has 4 heteroatoms. The molecule has 31 heavy (non-hydrogen) atoms. The van der Waals surface area contributed by atoms with Crippen LogP contribution in [0.3, 0.4) is 0 Å². The van der Waals surface area contributed by atoms with E-state index in [9.17, 15) is 0 Å². The molecule has 0 saturated heterocycles. The Labute approximate surface area is 177 Å². The summed E-state index contributed by atoms with van der Waals surface area (Å²) in [5.74, 6) is 0. The molecule has 0 unspecified atom stereocenters. The molecule has 0 N–H and O–H groups in total. The van der Waals surface area contributed by atoms with Gasteiger partial charge < -0.3 is 4.42 Å². The number of aromatic nitrogens is 3. The van der Waals surface area contributed by atoms with E-state index < -0.39 is 0 Å². The molecule has 0 amide bonds. The second-order valence-electron chi connectivity index (χ2n) is 7.73. The molecule has 3 heterocycles. The van der Waals surface area contributed by atoms with Crippen molar-refractivity contribution in [3.63, 3.8) is 0 Å². The first kappa shape index (κ1) is 16.5. The highest BCUT2D eigenvalue weighted by Crippen LogP contribution is 2.39.